The van der Waals surface area contributed by atoms with E-state index in [2.05, 4.69) is 45.1 Å². The molecule has 0 bridgehead atoms. The molecule has 3 nitrogen and oxygen atoms in total. The van der Waals surface area contributed by atoms with E-state index in [0.717, 1.165) is 24.5 Å². The van der Waals surface area contributed by atoms with Crippen LogP contribution in [0.2, 0.25) is 0 Å². The van der Waals surface area contributed by atoms with Gasteiger partial charge in [0.2, 0.25) is 0 Å². The van der Waals surface area contributed by atoms with Crippen LogP contribution in [0.25, 0.3) is 0 Å². The van der Waals surface area contributed by atoms with E-state index in [1.54, 1.807) is 0 Å². The van der Waals surface area contributed by atoms with Gasteiger partial charge in [-0.3, -0.25) is 4.68 Å². The summed E-state index contributed by atoms with van der Waals surface area (Å²) in [4.78, 5) is 0. The maximum absolute atomic E-state index is 6.66. The summed E-state index contributed by atoms with van der Waals surface area (Å²) in [7, 11) is 0. The molecule has 102 valence electrons. The number of hydrogen-bond donors (Lipinski definition) is 1. The first-order valence-corrected chi connectivity index (χ1v) is 7.25. The third kappa shape index (κ3) is 2.61. The minimum absolute atomic E-state index is 0.0617. The van der Waals surface area contributed by atoms with Crippen molar-refractivity contribution in [2.45, 2.75) is 65.0 Å². The topological polar surface area (TPSA) is 43.8 Å². The zero-order chi connectivity index (χ0) is 13.3. The molecule has 0 saturated heterocycles. The number of aromatic nitrogens is 2. The normalized spacial score (nSPS) is 33.0. The van der Waals surface area contributed by atoms with E-state index in [-0.39, 0.29) is 5.54 Å². The molecule has 0 aliphatic heterocycles. The molecule has 3 atom stereocenters. The van der Waals surface area contributed by atoms with Gasteiger partial charge in [-0.15, -0.1) is 0 Å². The van der Waals surface area contributed by atoms with Crippen LogP contribution in [0.4, 0.5) is 0 Å². The Morgan fingerprint density at radius 2 is 2.22 bits per heavy atom. The molecule has 0 spiro atoms. The van der Waals surface area contributed by atoms with E-state index in [1.165, 1.54) is 12.8 Å². The summed E-state index contributed by atoms with van der Waals surface area (Å²) >= 11 is 0. The highest BCUT2D eigenvalue weighted by Gasteiger charge is 2.38. The van der Waals surface area contributed by atoms with Gasteiger partial charge in [-0.25, -0.2) is 0 Å². The van der Waals surface area contributed by atoms with E-state index in [9.17, 15) is 0 Å². The van der Waals surface area contributed by atoms with Crippen LogP contribution in [0.3, 0.4) is 0 Å². The smallest absolute Gasteiger partial charge is 0.0643 e. The Hall–Kier alpha value is -0.830. The Morgan fingerprint density at radius 3 is 2.83 bits per heavy atom. The van der Waals surface area contributed by atoms with Gasteiger partial charge in [-0.1, -0.05) is 26.7 Å². The number of nitrogens with zero attached hydrogens (tertiary/aromatic N) is 2. The van der Waals surface area contributed by atoms with Gasteiger partial charge in [0.15, 0.2) is 0 Å². The monoisotopic (exact) mass is 249 g/mol. The Labute approximate surface area is 111 Å². The van der Waals surface area contributed by atoms with Crippen molar-refractivity contribution in [2.24, 2.45) is 17.6 Å². The largest absolute Gasteiger partial charge is 0.324 e. The Bertz CT molecular complexity index is 396. The summed E-state index contributed by atoms with van der Waals surface area (Å²) in [5, 5.41) is 4.65. The minimum atomic E-state index is -0.0617. The standard InChI is InChI=1S/C15H27N3/c1-11(2)18-9-7-14(17-18)10-15(16)8-5-6-12(3)13(15)4/h7,9,11-13H,5-6,8,10,16H2,1-4H3. The first kappa shape index (κ1) is 13.6. The lowest BCUT2D eigenvalue weighted by atomic mass is 9.67. The summed E-state index contributed by atoms with van der Waals surface area (Å²) in [5.41, 5.74) is 7.74. The molecule has 3 unspecified atom stereocenters. The van der Waals surface area contributed by atoms with Crippen LogP contribution >= 0.6 is 0 Å². The van der Waals surface area contributed by atoms with Crippen LogP contribution in [0.1, 0.15) is 58.7 Å². The lowest BCUT2D eigenvalue weighted by Gasteiger charge is -2.43. The molecule has 1 aromatic rings. The fraction of sp³-hybridized carbons (Fsp3) is 0.800. The predicted octanol–water partition coefficient (Wildman–Crippen LogP) is 3.16. The quantitative estimate of drug-likeness (QED) is 0.894. The predicted molar refractivity (Wildman–Crippen MR) is 75.4 cm³/mol. The fourth-order valence-corrected chi connectivity index (χ4v) is 3.14. The highest BCUT2D eigenvalue weighted by atomic mass is 15.3. The third-order valence-electron chi connectivity index (χ3n) is 4.76. The van der Waals surface area contributed by atoms with Gasteiger partial charge >= 0.3 is 0 Å². The molecule has 1 saturated carbocycles. The molecule has 2 N–H and O–H groups in total. The summed E-state index contributed by atoms with van der Waals surface area (Å²) < 4.78 is 2.02. The van der Waals surface area contributed by atoms with Gasteiger partial charge < -0.3 is 5.73 Å². The maximum Gasteiger partial charge on any atom is 0.0643 e. The molecule has 1 aliphatic carbocycles. The van der Waals surface area contributed by atoms with Gasteiger partial charge in [-0.2, -0.15) is 5.10 Å². The SMILES string of the molecule is CC1CCCC(N)(Cc2ccn(C(C)C)n2)C1C. The maximum atomic E-state index is 6.66. The lowest BCUT2D eigenvalue weighted by Crippen LogP contribution is -2.52. The second-order valence-electron chi connectivity index (χ2n) is 6.45. The molecule has 1 aromatic heterocycles. The number of nitrogens with two attached hydrogens (primary N) is 1. The van der Waals surface area contributed by atoms with Crippen LogP contribution in [0.15, 0.2) is 12.3 Å². The lowest BCUT2D eigenvalue weighted by molar-refractivity contribution is 0.142. The van der Waals surface area contributed by atoms with Crippen LogP contribution in [-0.2, 0) is 6.42 Å². The summed E-state index contributed by atoms with van der Waals surface area (Å²) in [6, 6.07) is 2.55. The highest BCUT2D eigenvalue weighted by Crippen LogP contribution is 2.37. The van der Waals surface area contributed by atoms with Crippen molar-refractivity contribution in [2.75, 3.05) is 0 Å². The van der Waals surface area contributed by atoms with E-state index in [1.807, 2.05) is 4.68 Å². The molecule has 0 amide bonds. The van der Waals surface area contributed by atoms with Crippen molar-refractivity contribution in [3.05, 3.63) is 18.0 Å². The number of hydrogen-bond acceptors (Lipinski definition) is 2. The van der Waals surface area contributed by atoms with Crippen molar-refractivity contribution in [1.29, 1.82) is 0 Å². The van der Waals surface area contributed by atoms with Gasteiger partial charge in [0.25, 0.3) is 0 Å². The van der Waals surface area contributed by atoms with Crippen LogP contribution in [-0.4, -0.2) is 15.3 Å². The molecule has 1 aliphatic rings. The van der Waals surface area contributed by atoms with Crippen molar-refractivity contribution in [3.63, 3.8) is 0 Å². The highest BCUT2D eigenvalue weighted by molar-refractivity contribution is 5.09. The molecule has 2 rings (SSSR count). The molecule has 1 heterocycles. The average Bonchev–Trinajstić information content (AvgIpc) is 2.74. The van der Waals surface area contributed by atoms with Crippen molar-refractivity contribution in [1.82, 2.24) is 9.78 Å². The fourth-order valence-electron chi connectivity index (χ4n) is 3.14. The minimum Gasteiger partial charge on any atom is -0.324 e. The van der Waals surface area contributed by atoms with Crippen molar-refractivity contribution >= 4 is 0 Å². The van der Waals surface area contributed by atoms with E-state index in [0.29, 0.717) is 12.0 Å². The molecule has 1 fully saturated rings. The van der Waals surface area contributed by atoms with Crippen LogP contribution in [0.5, 0.6) is 0 Å². The van der Waals surface area contributed by atoms with Crippen LogP contribution in [0, 0.1) is 11.8 Å². The Balaban J connectivity index is 2.11. The second kappa shape index (κ2) is 5.04. The van der Waals surface area contributed by atoms with Gasteiger partial charge in [0.1, 0.15) is 0 Å². The van der Waals surface area contributed by atoms with Crippen molar-refractivity contribution < 1.29 is 0 Å². The first-order valence-electron chi connectivity index (χ1n) is 7.25. The molecule has 0 radical (unpaired) electrons. The molecule has 3 heteroatoms. The van der Waals surface area contributed by atoms with Crippen molar-refractivity contribution in [3.8, 4) is 0 Å². The third-order valence-corrected chi connectivity index (χ3v) is 4.76. The first-order chi connectivity index (χ1) is 8.42. The number of rotatable bonds is 3. The van der Waals surface area contributed by atoms with E-state index in [4.69, 9.17) is 5.73 Å². The van der Waals surface area contributed by atoms with Gasteiger partial charge in [0, 0.05) is 24.2 Å². The summed E-state index contributed by atoms with van der Waals surface area (Å²) in [6.45, 7) is 8.95. The summed E-state index contributed by atoms with van der Waals surface area (Å²) in [6.07, 6.45) is 6.69. The zero-order valence-corrected chi connectivity index (χ0v) is 12.2. The zero-order valence-electron chi connectivity index (χ0n) is 12.2. The van der Waals surface area contributed by atoms with Gasteiger partial charge in [-0.05, 0) is 38.2 Å². The Kier molecular flexibility index (Phi) is 3.81. The second-order valence-corrected chi connectivity index (χ2v) is 6.45. The van der Waals surface area contributed by atoms with E-state index < -0.39 is 0 Å². The molecular formula is C15H27N3. The summed E-state index contributed by atoms with van der Waals surface area (Å²) in [5.74, 6) is 1.31. The van der Waals surface area contributed by atoms with E-state index >= 15 is 0 Å². The molecule has 0 aromatic carbocycles. The Morgan fingerprint density at radius 1 is 1.50 bits per heavy atom. The average molecular weight is 249 g/mol. The van der Waals surface area contributed by atoms with Crippen LogP contribution < -0.4 is 5.73 Å². The molecule has 18 heavy (non-hydrogen) atoms. The van der Waals surface area contributed by atoms with Gasteiger partial charge in [0.05, 0.1) is 5.69 Å². The molecular weight excluding hydrogens is 222 g/mol.